The Hall–Kier alpha value is -1.13. The normalized spacial score (nSPS) is 12.2. The zero-order valence-electron chi connectivity index (χ0n) is 10.3. The smallest absolute Gasteiger partial charge is 0.255 e. The van der Waals surface area contributed by atoms with E-state index in [2.05, 4.69) is 4.98 Å². The van der Waals surface area contributed by atoms with E-state index in [4.69, 9.17) is 16.3 Å². The van der Waals surface area contributed by atoms with Crippen molar-refractivity contribution in [3.8, 4) is 0 Å². The Labute approximate surface area is 107 Å². The molecule has 0 saturated carbocycles. The van der Waals surface area contributed by atoms with Gasteiger partial charge in [-0.25, -0.2) is 4.98 Å². The average Bonchev–Trinajstić information content (AvgIpc) is 2.31. The number of carbonyl (C=O) groups is 1. The number of hydrogen-bond acceptors (Lipinski definition) is 3. The van der Waals surface area contributed by atoms with E-state index in [0.717, 1.165) is 0 Å². The van der Waals surface area contributed by atoms with Crippen molar-refractivity contribution in [2.45, 2.75) is 19.9 Å². The quantitative estimate of drug-likeness (QED) is 0.759. The summed E-state index contributed by atoms with van der Waals surface area (Å²) in [6.07, 6.45) is 1.49. The molecule has 0 N–H and O–H groups in total. The van der Waals surface area contributed by atoms with Crippen LogP contribution in [0.25, 0.3) is 0 Å². The minimum atomic E-state index is -0.0544. The van der Waals surface area contributed by atoms with Gasteiger partial charge in [0.15, 0.2) is 0 Å². The third-order valence-electron chi connectivity index (χ3n) is 2.52. The third kappa shape index (κ3) is 3.68. The maximum Gasteiger partial charge on any atom is 0.255 e. The molecule has 0 aromatic carbocycles. The standard InChI is InChI=1S/C12H17ClN2O2/c1-4-15(9(2)8-17-3)12(16)10-5-6-11(13)14-7-10/h5-7,9H,4,8H2,1-3H3. The van der Waals surface area contributed by atoms with Gasteiger partial charge in [0.25, 0.3) is 5.91 Å². The predicted molar refractivity (Wildman–Crippen MR) is 67.3 cm³/mol. The average molecular weight is 257 g/mol. The van der Waals surface area contributed by atoms with E-state index in [1.807, 2.05) is 13.8 Å². The second-order valence-electron chi connectivity index (χ2n) is 3.77. The van der Waals surface area contributed by atoms with Crippen LogP contribution in [0.2, 0.25) is 5.15 Å². The molecular formula is C12H17ClN2O2. The van der Waals surface area contributed by atoms with Gasteiger partial charge in [0.05, 0.1) is 18.2 Å². The molecule has 1 atom stereocenters. The van der Waals surface area contributed by atoms with Crippen LogP contribution in [0.5, 0.6) is 0 Å². The molecule has 94 valence electrons. The molecule has 0 fully saturated rings. The molecule has 4 nitrogen and oxygen atoms in total. The zero-order chi connectivity index (χ0) is 12.8. The lowest BCUT2D eigenvalue weighted by atomic mass is 10.2. The zero-order valence-corrected chi connectivity index (χ0v) is 11.1. The summed E-state index contributed by atoms with van der Waals surface area (Å²) in [5, 5.41) is 0.384. The lowest BCUT2D eigenvalue weighted by molar-refractivity contribution is 0.0579. The number of amides is 1. The first kappa shape index (κ1) is 13.9. The van der Waals surface area contributed by atoms with Crippen LogP contribution in [0.15, 0.2) is 18.3 Å². The van der Waals surface area contributed by atoms with Crippen LogP contribution in [-0.2, 0) is 4.74 Å². The number of methoxy groups -OCH3 is 1. The van der Waals surface area contributed by atoms with E-state index in [0.29, 0.717) is 23.9 Å². The minimum Gasteiger partial charge on any atom is -0.383 e. The van der Waals surface area contributed by atoms with Gasteiger partial charge in [0, 0.05) is 19.9 Å². The Kier molecular flexibility index (Phi) is 5.38. The second kappa shape index (κ2) is 6.57. The molecular weight excluding hydrogens is 240 g/mol. The van der Waals surface area contributed by atoms with E-state index in [9.17, 15) is 4.79 Å². The van der Waals surface area contributed by atoms with E-state index in [-0.39, 0.29) is 11.9 Å². The molecule has 1 rings (SSSR count). The molecule has 0 spiro atoms. The molecule has 1 heterocycles. The van der Waals surface area contributed by atoms with Crippen molar-refractivity contribution >= 4 is 17.5 Å². The number of hydrogen-bond donors (Lipinski definition) is 0. The van der Waals surface area contributed by atoms with Crippen molar-refractivity contribution in [1.82, 2.24) is 9.88 Å². The highest BCUT2D eigenvalue weighted by atomic mass is 35.5. The number of rotatable bonds is 5. The van der Waals surface area contributed by atoms with Crippen LogP contribution in [0, 0.1) is 0 Å². The van der Waals surface area contributed by atoms with Gasteiger partial charge in [-0.15, -0.1) is 0 Å². The van der Waals surface area contributed by atoms with Crippen LogP contribution >= 0.6 is 11.6 Å². The number of nitrogens with zero attached hydrogens (tertiary/aromatic N) is 2. The Bertz CT molecular complexity index is 367. The summed E-state index contributed by atoms with van der Waals surface area (Å²) in [4.78, 5) is 17.8. The molecule has 1 aromatic heterocycles. The lowest BCUT2D eigenvalue weighted by Crippen LogP contribution is -2.40. The summed E-state index contributed by atoms with van der Waals surface area (Å²) in [5.74, 6) is -0.0544. The molecule has 1 unspecified atom stereocenters. The third-order valence-corrected chi connectivity index (χ3v) is 2.74. The number of aromatic nitrogens is 1. The predicted octanol–water partition coefficient (Wildman–Crippen LogP) is 2.23. The van der Waals surface area contributed by atoms with Gasteiger partial charge in [-0.1, -0.05) is 11.6 Å². The summed E-state index contributed by atoms with van der Waals surface area (Å²) in [5.41, 5.74) is 0.541. The molecule has 1 amide bonds. The summed E-state index contributed by atoms with van der Waals surface area (Å²) >= 11 is 5.69. The van der Waals surface area contributed by atoms with E-state index in [1.165, 1.54) is 6.20 Å². The van der Waals surface area contributed by atoms with Gasteiger partial charge in [0.2, 0.25) is 0 Å². The maximum absolute atomic E-state index is 12.2. The molecule has 0 radical (unpaired) electrons. The van der Waals surface area contributed by atoms with Crippen molar-refractivity contribution < 1.29 is 9.53 Å². The summed E-state index contributed by atoms with van der Waals surface area (Å²) in [6.45, 7) is 5.04. The monoisotopic (exact) mass is 256 g/mol. The summed E-state index contributed by atoms with van der Waals surface area (Å²) in [6, 6.07) is 3.33. The molecule has 17 heavy (non-hydrogen) atoms. The number of likely N-dealkylation sites (N-methyl/N-ethyl adjacent to an activating group) is 1. The van der Waals surface area contributed by atoms with Crippen molar-refractivity contribution in [2.24, 2.45) is 0 Å². The van der Waals surface area contributed by atoms with Gasteiger partial charge in [-0.3, -0.25) is 4.79 Å². The molecule has 0 bridgehead atoms. The van der Waals surface area contributed by atoms with Gasteiger partial charge >= 0.3 is 0 Å². The number of carbonyl (C=O) groups excluding carboxylic acids is 1. The highest BCUT2D eigenvalue weighted by Crippen LogP contribution is 2.10. The Morgan fingerprint density at radius 1 is 1.59 bits per heavy atom. The molecule has 0 aliphatic rings. The molecule has 0 saturated heterocycles. The second-order valence-corrected chi connectivity index (χ2v) is 4.15. The fourth-order valence-corrected chi connectivity index (χ4v) is 1.77. The Morgan fingerprint density at radius 3 is 2.76 bits per heavy atom. The van der Waals surface area contributed by atoms with Crippen LogP contribution < -0.4 is 0 Å². The van der Waals surface area contributed by atoms with Crippen molar-refractivity contribution in [2.75, 3.05) is 20.3 Å². The fraction of sp³-hybridized carbons (Fsp3) is 0.500. The van der Waals surface area contributed by atoms with E-state index in [1.54, 1.807) is 24.1 Å². The van der Waals surface area contributed by atoms with Crippen LogP contribution in [0.4, 0.5) is 0 Å². The highest BCUT2D eigenvalue weighted by Gasteiger charge is 2.19. The van der Waals surface area contributed by atoms with Gasteiger partial charge in [-0.05, 0) is 26.0 Å². The molecule has 1 aromatic rings. The topological polar surface area (TPSA) is 42.4 Å². The number of halogens is 1. The minimum absolute atomic E-state index is 0.0354. The first-order valence-electron chi connectivity index (χ1n) is 5.51. The summed E-state index contributed by atoms with van der Waals surface area (Å²) < 4.78 is 5.06. The van der Waals surface area contributed by atoms with Gasteiger partial charge < -0.3 is 9.64 Å². The molecule has 0 aliphatic heterocycles. The first-order chi connectivity index (χ1) is 8.10. The van der Waals surface area contributed by atoms with E-state index >= 15 is 0 Å². The van der Waals surface area contributed by atoms with Crippen molar-refractivity contribution in [3.05, 3.63) is 29.0 Å². The van der Waals surface area contributed by atoms with Crippen molar-refractivity contribution in [3.63, 3.8) is 0 Å². The molecule has 0 aliphatic carbocycles. The van der Waals surface area contributed by atoms with Crippen LogP contribution in [0.1, 0.15) is 24.2 Å². The SMILES string of the molecule is CCN(C(=O)c1ccc(Cl)nc1)C(C)COC. The Balaban J connectivity index is 2.82. The van der Waals surface area contributed by atoms with Gasteiger partial charge in [0.1, 0.15) is 5.15 Å². The first-order valence-corrected chi connectivity index (χ1v) is 5.89. The van der Waals surface area contributed by atoms with E-state index < -0.39 is 0 Å². The number of ether oxygens (including phenoxy) is 1. The summed E-state index contributed by atoms with van der Waals surface area (Å²) in [7, 11) is 1.62. The Morgan fingerprint density at radius 2 is 2.29 bits per heavy atom. The molecule has 5 heteroatoms. The lowest BCUT2D eigenvalue weighted by Gasteiger charge is -2.27. The van der Waals surface area contributed by atoms with Gasteiger partial charge in [-0.2, -0.15) is 0 Å². The maximum atomic E-state index is 12.2. The fourth-order valence-electron chi connectivity index (χ4n) is 1.65. The highest BCUT2D eigenvalue weighted by molar-refractivity contribution is 6.29. The van der Waals surface area contributed by atoms with Crippen LogP contribution in [0.3, 0.4) is 0 Å². The number of pyridine rings is 1. The largest absolute Gasteiger partial charge is 0.383 e. The van der Waals surface area contributed by atoms with Crippen LogP contribution in [-0.4, -0.2) is 42.1 Å². The van der Waals surface area contributed by atoms with Crippen molar-refractivity contribution in [1.29, 1.82) is 0 Å².